The highest BCUT2D eigenvalue weighted by atomic mass is 35.5. The quantitative estimate of drug-likeness (QED) is 0.587. The average Bonchev–Trinajstić information content (AvgIpc) is 3.36. The highest BCUT2D eigenvalue weighted by Gasteiger charge is 2.25. The molecule has 7 heteroatoms. The van der Waals surface area contributed by atoms with Crippen LogP contribution in [0.2, 0.25) is 5.02 Å². The van der Waals surface area contributed by atoms with Crippen molar-refractivity contribution < 1.29 is 4.74 Å². The average molecular weight is 366 g/mol. The van der Waals surface area contributed by atoms with Crippen molar-refractivity contribution in [1.82, 2.24) is 19.6 Å². The Labute approximate surface area is 154 Å². The van der Waals surface area contributed by atoms with Gasteiger partial charge in [-0.25, -0.2) is 9.38 Å². The van der Waals surface area contributed by atoms with Gasteiger partial charge in [0, 0.05) is 16.5 Å². The van der Waals surface area contributed by atoms with Crippen LogP contribution >= 0.6 is 11.6 Å². The van der Waals surface area contributed by atoms with Crippen LogP contribution in [0.1, 0.15) is 12.8 Å². The van der Waals surface area contributed by atoms with Crippen LogP contribution in [-0.4, -0.2) is 32.7 Å². The molecule has 0 amide bonds. The molecule has 6 nitrogen and oxygen atoms in total. The Morgan fingerprint density at radius 2 is 2.00 bits per heavy atom. The van der Waals surface area contributed by atoms with Gasteiger partial charge in [0.1, 0.15) is 5.75 Å². The lowest BCUT2D eigenvalue weighted by Crippen LogP contribution is -2.09. The molecular formula is C19H16ClN5O. The largest absolute Gasteiger partial charge is 0.496 e. The monoisotopic (exact) mass is 365 g/mol. The Morgan fingerprint density at radius 3 is 2.81 bits per heavy atom. The van der Waals surface area contributed by atoms with Gasteiger partial charge in [0.2, 0.25) is 5.95 Å². The second-order valence-electron chi connectivity index (χ2n) is 6.40. The Hall–Kier alpha value is -2.86. The van der Waals surface area contributed by atoms with Crippen molar-refractivity contribution in [1.29, 1.82) is 0 Å². The molecule has 1 aliphatic rings. The van der Waals surface area contributed by atoms with Crippen LogP contribution in [0.3, 0.4) is 0 Å². The number of hydrogen-bond acceptors (Lipinski definition) is 5. The van der Waals surface area contributed by atoms with Crippen molar-refractivity contribution in [2.75, 3.05) is 12.4 Å². The van der Waals surface area contributed by atoms with Crippen LogP contribution in [0.5, 0.6) is 5.75 Å². The van der Waals surface area contributed by atoms with Gasteiger partial charge in [0.25, 0.3) is 0 Å². The summed E-state index contributed by atoms with van der Waals surface area (Å²) in [5.41, 5.74) is 2.42. The summed E-state index contributed by atoms with van der Waals surface area (Å²) in [7, 11) is 1.65. The van der Waals surface area contributed by atoms with Gasteiger partial charge >= 0.3 is 0 Å². The van der Waals surface area contributed by atoms with Crippen LogP contribution in [0, 0.1) is 0 Å². The Morgan fingerprint density at radius 1 is 1.15 bits per heavy atom. The lowest BCUT2D eigenvalue weighted by molar-refractivity contribution is 0.416. The van der Waals surface area contributed by atoms with Crippen molar-refractivity contribution in [3.8, 4) is 17.1 Å². The van der Waals surface area contributed by atoms with E-state index in [1.54, 1.807) is 7.11 Å². The van der Waals surface area contributed by atoms with Gasteiger partial charge in [-0.3, -0.25) is 0 Å². The molecule has 0 radical (unpaired) electrons. The molecule has 2 heterocycles. The Bertz CT molecular complexity index is 1140. The molecule has 1 saturated carbocycles. The first-order valence-corrected chi connectivity index (χ1v) is 8.87. The van der Waals surface area contributed by atoms with Crippen LogP contribution in [0.25, 0.3) is 27.9 Å². The first kappa shape index (κ1) is 15.4. The topological polar surface area (TPSA) is 64.3 Å². The van der Waals surface area contributed by atoms with Crippen LogP contribution in [-0.2, 0) is 0 Å². The first-order valence-electron chi connectivity index (χ1n) is 8.49. The molecule has 2 aromatic heterocycles. The number of fused-ring (bicyclic) bond motifs is 3. The molecular weight excluding hydrogens is 350 g/mol. The number of hydrogen-bond donors (Lipinski definition) is 1. The van der Waals surface area contributed by atoms with Crippen molar-refractivity contribution >= 4 is 34.1 Å². The van der Waals surface area contributed by atoms with Crippen LogP contribution in [0.4, 0.5) is 5.95 Å². The zero-order chi connectivity index (χ0) is 17.7. The van der Waals surface area contributed by atoms with Crippen molar-refractivity contribution in [3.63, 3.8) is 0 Å². The van der Waals surface area contributed by atoms with Gasteiger partial charge in [-0.2, -0.15) is 0 Å². The SMILES string of the molecule is COc1ccccc1-c1nnc2c3ccc(Cl)cc3nc(NC3CC3)n12. The molecule has 0 spiro atoms. The number of ether oxygens (including phenoxy) is 1. The Kier molecular flexibility index (Phi) is 3.46. The molecule has 4 aromatic rings. The van der Waals surface area contributed by atoms with Crippen LogP contribution in [0.15, 0.2) is 42.5 Å². The van der Waals surface area contributed by atoms with E-state index < -0.39 is 0 Å². The van der Waals surface area contributed by atoms with Gasteiger partial charge in [0.05, 0.1) is 18.2 Å². The molecule has 0 unspecified atom stereocenters. The number of benzene rings is 2. The highest BCUT2D eigenvalue weighted by molar-refractivity contribution is 6.31. The normalized spacial score (nSPS) is 14.1. The molecule has 2 aromatic carbocycles. The summed E-state index contributed by atoms with van der Waals surface area (Å²) >= 11 is 6.16. The minimum atomic E-state index is 0.440. The number of para-hydroxylation sites is 1. The maximum Gasteiger partial charge on any atom is 0.211 e. The molecule has 5 rings (SSSR count). The molecule has 0 atom stereocenters. The predicted molar refractivity (Wildman–Crippen MR) is 102 cm³/mol. The highest BCUT2D eigenvalue weighted by Crippen LogP contribution is 2.34. The fourth-order valence-electron chi connectivity index (χ4n) is 3.12. The summed E-state index contributed by atoms with van der Waals surface area (Å²) in [6, 6.07) is 13.9. The number of rotatable bonds is 4. The van der Waals surface area contributed by atoms with Gasteiger partial charge < -0.3 is 10.1 Å². The summed E-state index contributed by atoms with van der Waals surface area (Å²) < 4.78 is 7.48. The lowest BCUT2D eigenvalue weighted by atomic mass is 10.2. The smallest absolute Gasteiger partial charge is 0.211 e. The van der Waals surface area contributed by atoms with E-state index in [1.807, 2.05) is 46.9 Å². The van der Waals surface area contributed by atoms with Gasteiger partial charge in [-0.15, -0.1) is 10.2 Å². The molecule has 0 saturated heterocycles. The van der Waals surface area contributed by atoms with Gasteiger partial charge in [0.15, 0.2) is 11.5 Å². The molecule has 130 valence electrons. The third kappa shape index (κ3) is 2.45. The fourth-order valence-corrected chi connectivity index (χ4v) is 3.29. The van der Waals surface area contributed by atoms with E-state index in [4.69, 9.17) is 21.3 Å². The number of methoxy groups -OCH3 is 1. The summed E-state index contributed by atoms with van der Waals surface area (Å²) in [5, 5.41) is 14.0. The second-order valence-corrected chi connectivity index (χ2v) is 6.83. The summed E-state index contributed by atoms with van der Waals surface area (Å²) in [5.74, 6) is 2.17. The fraction of sp³-hybridized carbons (Fsp3) is 0.211. The third-order valence-corrected chi connectivity index (χ3v) is 4.80. The van der Waals surface area contributed by atoms with E-state index >= 15 is 0 Å². The van der Waals surface area contributed by atoms with Crippen molar-refractivity contribution in [3.05, 3.63) is 47.5 Å². The molecule has 0 aliphatic heterocycles. The van der Waals surface area contributed by atoms with E-state index in [2.05, 4.69) is 15.5 Å². The molecule has 1 N–H and O–H groups in total. The summed E-state index contributed by atoms with van der Waals surface area (Å²) in [4.78, 5) is 4.80. The zero-order valence-corrected chi connectivity index (χ0v) is 14.9. The van der Waals surface area contributed by atoms with E-state index in [-0.39, 0.29) is 0 Å². The molecule has 1 fully saturated rings. The van der Waals surface area contributed by atoms with Crippen molar-refractivity contribution in [2.24, 2.45) is 0 Å². The van der Waals surface area contributed by atoms with Crippen LogP contribution < -0.4 is 10.1 Å². The lowest BCUT2D eigenvalue weighted by Gasteiger charge is -2.12. The number of aromatic nitrogens is 4. The van der Waals surface area contributed by atoms with Gasteiger partial charge in [-0.1, -0.05) is 23.7 Å². The minimum Gasteiger partial charge on any atom is -0.496 e. The Balaban J connectivity index is 1.83. The maximum atomic E-state index is 6.16. The second kappa shape index (κ2) is 5.85. The maximum absolute atomic E-state index is 6.16. The molecule has 0 bridgehead atoms. The first-order chi connectivity index (χ1) is 12.7. The predicted octanol–water partition coefficient (Wildman–Crippen LogP) is 4.18. The molecule has 1 aliphatic carbocycles. The minimum absolute atomic E-state index is 0.440. The van der Waals surface area contributed by atoms with E-state index in [0.29, 0.717) is 16.9 Å². The number of nitrogens with one attached hydrogen (secondary N) is 1. The van der Waals surface area contributed by atoms with Gasteiger partial charge in [-0.05, 0) is 43.2 Å². The standard InChI is InChI=1S/C19H16ClN5O/c1-26-16-5-3-2-4-14(16)18-24-23-17-13-9-6-11(20)10-15(13)22-19(25(17)18)21-12-7-8-12/h2-6,9-10,12H,7-8H2,1H3,(H,21,22). The van der Waals surface area contributed by atoms with E-state index in [0.717, 1.165) is 46.7 Å². The van der Waals surface area contributed by atoms with E-state index in [9.17, 15) is 0 Å². The summed E-state index contributed by atoms with van der Waals surface area (Å²) in [6.07, 6.45) is 2.28. The number of halogens is 1. The number of anilines is 1. The summed E-state index contributed by atoms with van der Waals surface area (Å²) in [6.45, 7) is 0. The third-order valence-electron chi connectivity index (χ3n) is 4.56. The zero-order valence-electron chi connectivity index (χ0n) is 14.1. The van der Waals surface area contributed by atoms with Crippen molar-refractivity contribution in [2.45, 2.75) is 18.9 Å². The van der Waals surface area contributed by atoms with E-state index in [1.165, 1.54) is 0 Å². The number of nitrogens with zero attached hydrogens (tertiary/aromatic N) is 4. The molecule has 26 heavy (non-hydrogen) atoms.